The van der Waals surface area contributed by atoms with Gasteiger partial charge in [0.25, 0.3) is 5.56 Å². The molecule has 0 fully saturated rings. The summed E-state index contributed by atoms with van der Waals surface area (Å²) in [6.07, 6.45) is -0.778. The van der Waals surface area contributed by atoms with Gasteiger partial charge < -0.3 is 15.2 Å². The summed E-state index contributed by atoms with van der Waals surface area (Å²) in [7, 11) is 1.28. The summed E-state index contributed by atoms with van der Waals surface area (Å²) in [5.41, 5.74) is -0.143. The fraction of sp³-hybridized carbons (Fsp3) is 0.500. The minimum absolute atomic E-state index is 0.0382. The van der Waals surface area contributed by atoms with E-state index < -0.39 is 22.9 Å². The summed E-state index contributed by atoms with van der Waals surface area (Å²) in [6.45, 7) is 8.98. The van der Waals surface area contributed by atoms with Gasteiger partial charge in [-0.15, -0.1) is 0 Å². The zero-order valence-electron chi connectivity index (χ0n) is 17.5. The van der Waals surface area contributed by atoms with Crippen molar-refractivity contribution in [1.29, 1.82) is 0 Å². The van der Waals surface area contributed by atoms with E-state index in [4.69, 9.17) is 4.74 Å². The van der Waals surface area contributed by atoms with Gasteiger partial charge in [0.05, 0.1) is 41.5 Å². The highest BCUT2D eigenvalue weighted by atomic mass is 32.2. The Hall–Kier alpha value is -2.39. The van der Waals surface area contributed by atoms with Crippen molar-refractivity contribution in [3.8, 4) is 0 Å². The zero-order valence-corrected chi connectivity index (χ0v) is 18.3. The Balaban J connectivity index is 2.53. The van der Waals surface area contributed by atoms with Crippen LogP contribution in [-0.4, -0.2) is 50.5 Å². The standard InChI is InChI=1S/C20H27N3O5S/c1-11(24)10-23-17(26)14-8-7-13(18(27)28-6)9-15(14)21-19(23)29-12(2)16(25)22-20(3,4)5/h7-9,11-12,24H,10H2,1-6H3,(H,22,25)/t11-,12+/m0/s1. The summed E-state index contributed by atoms with van der Waals surface area (Å²) < 4.78 is 6.08. The van der Waals surface area contributed by atoms with Crippen molar-refractivity contribution < 1.29 is 19.4 Å². The molecule has 29 heavy (non-hydrogen) atoms. The number of nitrogens with zero attached hydrogens (tertiary/aromatic N) is 2. The molecule has 1 amide bonds. The first-order valence-corrected chi connectivity index (χ1v) is 10.1. The first kappa shape index (κ1) is 22.9. The van der Waals surface area contributed by atoms with Crippen LogP contribution in [0, 0.1) is 0 Å². The maximum Gasteiger partial charge on any atom is 0.337 e. The number of carbonyl (C=O) groups is 2. The van der Waals surface area contributed by atoms with E-state index in [0.29, 0.717) is 16.1 Å². The summed E-state index contributed by atoms with van der Waals surface area (Å²) in [4.78, 5) is 41.8. The molecule has 0 aliphatic heterocycles. The number of aliphatic hydroxyl groups excluding tert-OH is 1. The molecule has 1 aromatic carbocycles. The smallest absolute Gasteiger partial charge is 0.337 e. The maximum atomic E-state index is 13.0. The van der Waals surface area contributed by atoms with E-state index in [9.17, 15) is 19.5 Å². The lowest BCUT2D eigenvalue weighted by atomic mass is 10.1. The van der Waals surface area contributed by atoms with Crippen LogP contribution in [0.5, 0.6) is 0 Å². The molecular formula is C20H27N3O5S. The van der Waals surface area contributed by atoms with Crippen LogP contribution in [0.15, 0.2) is 28.2 Å². The third-order valence-electron chi connectivity index (χ3n) is 3.94. The van der Waals surface area contributed by atoms with Gasteiger partial charge in [0.2, 0.25) is 5.91 Å². The highest BCUT2D eigenvalue weighted by molar-refractivity contribution is 8.00. The Morgan fingerprint density at radius 3 is 2.52 bits per heavy atom. The Kier molecular flexibility index (Phi) is 7.07. The normalized spacial score (nSPS) is 13.8. The molecule has 158 valence electrons. The fourth-order valence-electron chi connectivity index (χ4n) is 2.64. The molecule has 2 aromatic rings. The molecule has 8 nitrogen and oxygen atoms in total. The fourth-order valence-corrected chi connectivity index (χ4v) is 3.56. The van der Waals surface area contributed by atoms with E-state index in [0.717, 1.165) is 11.8 Å². The number of rotatable bonds is 6. The zero-order chi connectivity index (χ0) is 21.9. The quantitative estimate of drug-likeness (QED) is 0.417. The van der Waals surface area contributed by atoms with Gasteiger partial charge in [0, 0.05) is 5.54 Å². The first-order valence-electron chi connectivity index (χ1n) is 9.22. The van der Waals surface area contributed by atoms with Gasteiger partial charge in [0.15, 0.2) is 5.16 Å². The van der Waals surface area contributed by atoms with Gasteiger partial charge in [-0.2, -0.15) is 0 Å². The van der Waals surface area contributed by atoms with E-state index in [1.165, 1.54) is 29.9 Å². The maximum absolute atomic E-state index is 13.0. The minimum Gasteiger partial charge on any atom is -0.465 e. The Labute approximate surface area is 173 Å². The average Bonchev–Trinajstić information content (AvgIpc) is 2.62. The van der Waals surface area contributed by atoms with Crippen molar-refractivity contribution in [2.45, 2.75) is 63.2 Å². The number of thioether (sulfide) groups is 1. The second kappa shape index (κ2) is 8.96. The number of benzene rings is 1. The van der Waals surface area contributed by atoms with Crippen LogP contribution in [0.25, 0.3) is 10.9 Å². The first-order chi connectivity index (χ1) is 13.4. The van der Waals surface area contributed by atoms with Gasteiger partial charge in [0.1, 0.15) is 0 Å². The molecule has 9 heteroatoms. The molecule has 0 saturated heterocycles. The molecule has 2 N–H and O–H groups in total. The third kappa shape index (κ3) is 5.80. The van der Waals surface area contributed by atoms with Crippen molar-refractivity contribution in [2.24, 2.45) is 0 Å². The average molecular weight is 422 g/mol. The number of esters is 1. The van der Waals surface area contributed by atoms with E-state index in [1.807, 2.05) is 20.8 Å². The highest BCUT2D eigenvalue weighted by Crippen LogP contribution is 2.24. The number of aromatic nitrogens is 2. The Morgan fingerprint density at radius 1 is 1.31 bits per heavy atom. The third-order valence-corrected chi connectivity index (χ3v) is 5.03. The van der Waals surface area contributed by atoms with Gasteiger partial charge >= 0.3 is 5.97 Å². The van der Waals surface area contributed by atoms with Crippen LogP contribution in [-0.2, 0) is 16.1 Å². The minimum atomic E-state index is -0.778. The molecule has 1 aromatic heterocycles. The lowest BCUT2D eigenvalue weighted by Gasteiger charge is -2.23. The lowest BCUT2D eigenvalue weighted by Crippen LogP contribution is -2.44. The van der Waals surface area contributed by atoms with Crippen molar-refractivity contribution in [3.63, 3.8) is 0 Å². The summed E-state index contributed by atoms with van der Waals surface area (Å²) in [5.74, 6) is -0.724. The van der Waals surface area contributed by atoms with E-state index in [2.05, 4.69) is 10.3 Å². The number of aliphatic hydroxyl groups is 1. The SMILES string of the molecule is COC(=O)c1ccc2c(=O)n(C[C@H](C)O)c(S[C@H](C)C(=O)NC(C)(C)C)nc2c1. The second-order valence-corrected chi connectivity index (χ2v) is 9.19. The number of nitrogens with one attached hydrogen (secondary N) is 1. The predicted molar refractivity (Wildman–Crippen MR) is 112 cm³/mol. The lowest BCUT2D eigenvalue weighted by molar-refractivity contribution is -0.121. The summed E-state index contributed by atoms with van der Waals surface area (Å²) >= 11 is 1.12. The van der Waals surface area contributed by atoms with Crippen LogP contribution in [0.2, 0.25) is 0 Å². The predicted octanol–water partition coefficient (Wildman–Crippen LogP) is 1.96. The van der Waals surface area contributed by atoms with Crippen molar-refractivity contribution in [3.05, 3.63) is 34.1 Å². The van der Waals surface area contributed by atoms with Gasteiger partial charge in [-0.25, -0.2) is 9.78 Å². The highest BCUT2D eigenvalue weighted by Gasteiger charge is 2.23. The molecule has 0 spiro atoms. The van der Waals surface area contributed by atoms with Gasteiger partial charge in [-0.3, -0.25) is 14.2 Å². The number of hydrogen-bond donors (Lipinski definition) is 2. The topological polar surface area (TPSA) is 111 Å². The number of carbonyl (C=O) groups excluding carboxylic acids is 2. The van der Waals surface area contributed by atoms with Crippen LogP contribution in [0.4, 0.5) is 0 Å². The number of hydrogen-bond acceptors (Lipinski definition) is 7. The molecule has 2 atom stereocenters. The molecule has 1 heterocycles. The number of methoxy groups -OCH3 is 1. The van der Waals surface area contributed by atoms with Gasteiger partial charge in [-0.05, 0) is 52.8 Å². The van der Waals surface area contributed by atoms with Crippen molar-refractivity contribution >= 4 is 34.5 Å². The Morgan fingerprint density at radius 2 is 1.97 bits per heavy atom. The van der Waals surface area contributed by atoms with Crippen LogP contribution < -0.4 is 10.9 Å². The van der Waals surface area contributed by atoms with E-state index in [1.54, 1.807) is 13.8 Å². The van der Waals surface area contributed by atoms with Crippen LogP contribution in [0.3, 0.4) is 0 Å². The monoisotopic (exact) mass is 421 g/mol. The largest absolute Gasteiger partial charge is 0.465 e. The van der Waals surface area contributed by atoms with Crippen LogP contribution in [0.1, 0.15) is 45.0 Å². The van der Waals surface area contributed by atoms with E-state index >= 15 is 0 Å². The molecule has 0 aliphatic rings. The second-order valence-electron chi connectivity index (χ2n) is 7.88. The number of amides is 1. The Bertz CT molecular complexity index is 978. The molecule has 0 saturated carbocycles. The number of fused-ring (bicyclic) bond motifs is 1. The number of ether oxygens (including phenoxy) is 1. The molecule has 2 rings (SSSR count). The van der Waals surface area contributed by atoms with E-state index in [-0.39, 0.29) is 23.6 Å². The van der Waals surface area contributed by atoms with Gasteiger partial charge in [-0.1, -0.05) is 11.8 Å². The molecule has 0 radical (unpaired) electrons. The molecule has 0 aliphatic carbocycles. The summed E-state index contributed by atoms with van der Waals surface area (Å²) in [6, 6.07) is 4.50. The molecular weight excluding hydrogens is 394 g/mol. The van der Waals surface area contributed by atoms with Crippen LogP contribution >= 0.6 is 11.8 Å². The molecule has 0 bridgehead atoms. The van der Waals surface area contributed by atoms with Crippen molar-refractivity contribution in [1.82, 2.24) is 14.9 Å². The van der Waals surface area contributed by atoms with Crippen molar-refractivity contribution in [2.75, 3.05) is 7.11 Å². The molecule has 0 unspecified atom stereocenters. The summed E-state index contributed by atoms with van der Waals surface area (Å²) in [5, 5.41) is 12.8.